The van der Waals surface area contributed by atoms with Crippen LogP contribution in [0, 0.1) is 0 Å². The average Bonchev–Trinajstić information content (AvgIpc) is 2.15. The van der Waals surface area contributed by atoms with E-state index >= 15 is 0 Å². The van der Waals surface area contributed by atoms with Crippen LogP contribution in [0.15, 0.2) is 22.8 Å². The Balaban J connectivity index is 3.04. The maximum Gasteiger partial charge on any atom is 0.408 e. The quantitative estimate of drug-likeness (QED) is 0.906. The summed E-state index contributed by atoms with van der Waals surface area (Å²) in [7, 11) is 0. The number of hydrogen-bond acceptors (Lipinski definition) is 2. The number of rotatable bonds is 2. The minimum absolute atomic E-state index is 0.277. The maximum absolute atomic E-state index is 11.3. The SMILES string of the molecule is C[C@@H](c1ccc(Br)cn1)N(C(=O)O)C(C)(C)C. The number of hydrogen-bond donors (Lipinski definition) is 1. The fourth-order valence-corrected chi connectivity index (χ4v) is 2.03. The van der Waals surface area contributed by atoms with Crippen molar-refractivity contribution in [2.45, 2.75) is 39.3 Å². The summed E-state index contributed by atoms with van der Waals surface area (Å²) < 4.78 is 0.881. The smallest absolute Gasteiger partial charge is 0.408 e. The number of nitrogens with zero attached hydrogens (tertiary/aromatic N) is 2. The minimum Gasteiger partial charge on any atom is -0.465 e. The first kappa shape index (κ1) is 14.0. The zero-order valence-corrected chi connectivity index (χ0v) is 12.0. The maximum atomic E-state index is 11.3. The summed E-state index contributed by atoms with van der Waals surface area (Å²) in [6, 6.07) is 3.42. The predicted molar refractivity (Wildman–Crippen MR) is 70.0 cm³/mol. The van der Waals surface area contributed by atoms with E-state index in [0.717, 1.165) is 10.2 Å². The molecule has 1 atom stereocenters. The number of carboxylic acid groups (broad SMARTS) is 1. The fourth-order valence-electron chi connectivity index (χ4n) is 1.80. The van der Waals surface area contributed by atoms with Crippen LogP contribution in [0.2, 0.25) is 0 Å². The van der Waals surface area contributed by atoms with Gasteiger partial charge in [0.15, 0.2) is 0 Å². The van der Waals surface area contributed by atoms with Crippen LogP contribution in [0.1, 0.15) is 39.4 Å². The summed E-state index contributed by atoms with van der Waals surface area (Å²) in [6.07, 6.45) is 0.740. The molecular formula is C12H17BrN2O2. The van der Waals surface area contributed by atoms with E-state index in [1.54, 1.807) is 6.20 Å². The van der Waals surface area contributed by atoms with Crippen molar-refractivity contribution in [3.63, 3.8) is 0 Å². The van der Waals surface area contributed by atoms with Crippen LogP contribution in [0.3, 0.4) is 0 Å². The van der Waals surface area contributed by atoms with Crippen LogP contribution in [0.4, 0.5) is 4.79 Å². The largest absolute Gasteiger partial charge is 0.465 e. The van der Waals surface area contributed by atoms with Crippen molar-refractivity contribution < 1.29 is 9.90 Å². The zero-order valence-electron chi connectivity index (χ0n) is 10.4. The molecule has 1 rings (SSSR count). The number of carbonyl (C=O) groups is 1. The van der Waals surface area contributed by atoms with Gasteiger partial charge in [-0.15, -0.1) is 0 Å². The lowest BCUT2D eigenvalue weighted by Crippen LogP contribution is -2.46. The molecule has 0 aromatic carbocycles. The van der Waals surface area contributed by atoms with Crippen molar-refractivity contribution in [3.05, 3.63) is 28.5 Å². The van der Waals surface area contributed by atoms with Gasteiger partial charge < -0.3 is 5.11 Å². The van der Waals surface area contributed by atoms with E-state index in [1.807, 2.05) is 39.8 Å². The monoisotopic (exact) mass is 300 g/mol. The number of amides is 1. The molecule has 1 aromatic rings. The summed E-state index contributed by atoms with van der Waals surface area (Å²) in [6.45, 7) is 7.46. The van der Waals surface area contributed by atoms with E-state index < -0.39 is 11.6 Å². The van der Waals surface area contributed by atoms with Crippen molar-refractivity contribution in [3.8, 4) is 0 Å². The molecule has 0 spiro atoms. The number of pyridine rings is 1. The van der Waals surface area contributed by atoms with E-state index in [9.17, 15) is 9.90 Å². The normalized spacial score (nSPS) is 13.2. The second kappa shape index (κ2) is 5.04. The van der Waals surface area contributed by atoms with Gasteiger partial charge in [0.2, 0.25) is 0 Å². The lowest BCUT2D eigenvalue weighted by Gasteiger charge is -2.37. The molecule has 5 heteroatoms. The second-order valence-corrected chi connectivity index (χ2v) is 5.82. The highest BCUT2D eigenvalue weighted by Gasteiger charge is 2.32. The molecule has 0 saturated heterocycles. The third kappa shape index (κ3) is 3.43. The van der Waals surface area contributed by atoms with Crippen LogP contribution in [-0.4, -0.2) is 26.6 Å². The summed E-state index contributed by atoms with van der Waals surface area (Å²) in [5, 5.41) is 9.28. The van der Waals surface area contributed by atoms with Gasteiger partial charge in [-0.25, -0.2) is 4.79 Å². The molecule has 0 saturated carbocycles. The van der Waals surface area contributed by atoms with Gasteiger partial charge in [0.05, 0.1) is 11.7 Å². The van der Waals surface area contributed by atoms with Crippen LogP contribution in [0.25, 0.3) is 0 Å². The van der Waals surface area contributed by atoms with Crippen LogP contribution in [0.5, 0.6) is 0 Å². The second-order valence-electron chi connectivity index (χ2n) is 4.90. The molecule has 1 N–H and O–H groups in total. The highest BCUT2D eigenvalue weighted by atomic mass is 79.9. The highest BCUT2D eigenvalue weighted by molar-refractivity contribution is 9.10. The Morgan fingerprint density at radius 3 is 2.41 bits per heavy atom. The van der Waals surface area contributed by atoms with Crippen molar-refractivity contribution in [2.24, 2.45) is 0 Å². The third-order valence-electron chi connectivity index (χ3n) is 2.49. The molecule has 0 fully saturated rings. The molecule has 0 aliphatic carbocycles. The summed E-state index contributed by atoms with van der Waals surface area (Å²) in [4.78, 5) is 17.0. The van der Waals surface area contributed by atoms with E-state index in [2.05, 4.69) is 20.9 Å². The topological polar surface area (TPSA) is 53.4 Å². The summed E-state index contributed by atoms with van der Waals surface area (Å²) in [5.74, 6) is 0. The van der Waals surface area contributed by atoms with Crippen molar-refractivity contribution >= 4 is 22.0 Å². The minimum atomic E-state index is -0.935. The van der Waals surface area contributed by atoms with Gasteiger partial charge in [0, 0.05) is 16.2 Å². The van der Waals surface area contributed by atoms with Gasteiger partial charge >= 0.3 is 6.09 Å². The third-order valence-corrected chi connectivity index (χ3v) is 2.96. The van der Waals surface area contributed by atoms with Crippen molar-refractivity contribution in [2.75, 3.05) is 0 Å². The molecule has 0 unspecified atom stereocenters. The molecule has 17 heavy (non-hydrogen) atoms. The van der Waals surface area contributed by atoms with E-state index in [4.69, 9.17) is 0 Å². The Kier molecular flexibility index (Phi) is 4.14. The van der Waals surface area contributed by atoms with Gasteiger partial charge in [-0.05, 0) is 55.8 Å². The molecular weight excluding hydrogens is 284 g/mol. The Bertz CT molecular complexity index is 398. The lowest BCUT2D eigenvalue weighted by molar-refractivity contribution is 0.0740. The highest BCUT2D eigenvalue weighted by Crippen LogP contribution is 2.27. The standard InChI is InChI=1S/C12H17BrN2O2/c1-8(10-6-5-9(13)7-14-10)15(11(16)17)12(2,3)4/h5-8H,1-4H3,(H,16,17)/t8-/m0/s1. The predicted octanol–water partition coefficient (Wildman–Crippen LogP) is 3.68. The van der Waals surface area contributed by atoms with Gasteiger partial charge in [-0.2, -0.15) is 0 Å². The Hall–Kier alpha value is -1.10. The van der Waals surface area contributed by atoms with Gasteiger partial charge in [-0.3, -0.25) is 9.88 Å². The molecule has 0 bridgehead atoms. The molecule has 1 heterocycles. The molecule has 4 nitrogen and oxygen atoms in total. The van der Waals surface area contributed by atoms with Gasteiger partial charge in [0.1, 0.15) is 0 Å². The fraction of sp³-hybridized carbons (Fsp3) is 0.500. The van der Waals surface area contributed by atoms with Gasteiger partial charge in [0.25, 0.3) is 0 Å². The molecule has 1 amide bonds. The first-order valence-electron chi connectivity index (χ1n) is 5.37. The molecule has 0 aliphatic heterocycles. The lowest BCUT2D eigenvalue weighted by atomic mass is 10.0. The van der Waals surface area contributed by atoms with Crippen molar-refractivity contribution in [1.29, 1.82) is 0 Å². The Labute approximate surface area is 110 Å². The Morgan fingerprint density at radius 2 is 2.06 bits per heavy atom. The molecule has 94 valence electrons. The molecule has 0 radical (unpaired) electrons. The van der Waals surface area contributed by atoms with E-state index in [-0.39, 0.29) is 6.04 Å². The average molecular weight is 301 g/mol. The first-order valence-corrected chi connectivity index (χ1v) is 6.16. The summed E-state index contributed by atoms with van der Waals surface area (Å²) in [5.41, 5.74) is 0.283. The molecule has 0 aliphatic rings. The zero-order chi connectivity index (χ0) is 13.2. The summed E-state index contributed by atoms with van der Waals surface area (Å²) >= 11 is 3.31. The van der Waals surface area contributed by atoms with Gasteiger partial charge in [-0.1, -0.05) is 0 Å². The van der Waals surface area contributed by atoms with Crippen LogP contribution < -0.4 is 0 Å². The van der Waals surface area contributed by atoms with E-state index in [0.29, 0.717) is 0 Å². The molecule has 1 aromatic heterocycles. The number of halogens is 1. The van der Waals surface area contributed by atoms with Crippen LogP contribution >= 0.6 is 15.9 Å². The number of aromatic nitrogens is 1. The first-order chi connectivity index (χ1) is 7.73. The van der Waals surface area contributed by atoms with Crippen molar-refractivity contribution in [1.82, 2.24) is 9.88 Å². The Morgan fingerprint density at radius 1 is 1.47 bits per heavy atom. The van der Waals surface area contributed by atoms with Crippen LogP contribution in [-0.2, 0) is 0 Å². The van der Waals surface area contributed by atoms with E-state index in [1.165, 1.54) is 4.90 Å².